The molecular weight excluding hydrogens is 688 g/mol. The molecular formula is C42H51ClN4O4Si. The number of pyridine rings is 1. The van der Waals surface area contributed by atoms with Crippen molar-refractivity contribution in [3.05, 3.63) is 90.1 Å². The van der Waals surface area contributed by atoms with Crippen molar-refractivity contribution in [2.45, 2.75) is 63.6 Å². The highest BCUT2D eigenvalue weighted by atomic mass is 35.5. The summed E-state index contributed by atoms with van der Waals surface area (Å²) in [6.07, 6.45) is 4.59. The predicted octanol–water partition coefficient (Wildman–Crippen LogP) is 6.50. The number of carbonyl (C=O) groups is 1. The van der Waals surface area contributed by atoms with E-state index < -0.39 is 8.32 Å². The molecule has 3 aromatic carbocycles. The number of hydrogen-bond donors (Lipinski definition) is 1. The molecule has 274 valence electrons. The summed E-state index contributed by atoms with van der Waals surface area (Å²) in [6, 6.07) is 27.9. The Morgan fingerprint density at radius 3 is 2.21 bits per heavy atom. The Labute approximate surface area is 313 Å². The molecule has 1 N–H and O–H groups in total. The molecule has 1 aliphatic carbocycles. The van der Waals surface area contributed by atoms with Gasteiger partial charge >= 0.3 is 0 Å². The summed E-state index contributed by atoms with van der Waals surface area (Å²) in [5.74, 6) is 0.707. The maximum absolute atomic E-state index is 13.2. The van der Waals surface area contributed by atoms with Crippen molar-refractivity contribution in [3.63, 3.8) is 0 Å². The van der Waals surface area contributed by atoms with Crippen LogP contribution in [0.3, 0.4) is 0 Å². The summed E-state index contributed by atoms with van der Waals surface area (Å²) in [7, 11) is -2.77. The highest BCUT2D eigenvalue weighted by molar-refractivity contribution is 6.99. The highest BCUT2D eigenvalue weighted by Gasteiger charge is 2.58. The number of nitrogens with zero attached hydrogens (tertiary/aromatic N) is 3. The maximum atomic E-state index is 13.2. The second kappa shape index (κ2) is 13.8. The summed E-state index contributed by atoms with van der Waals surface area (Å²) >= 11 is 6.94. The van der Waals surface area contributed by atoms with E-state index in [1.165, 1.54) is 10.4 Å². The van der Waals surface area contributed by atoms with Crippen LogP contribution in [0.5, 0.6) is 0 Å². The van der Waals surface area contributed by atoms with Crippen molar-refractivity contribution >= 4 is 58.5 Å². The molecule has 3 saturated heterocycles. The van der Waals surface area contributed by atoms with Crippen LogP contribution in [-0.4, -0.2) is 88.4 Å². The van der Waals surface area contributed by atoms with Crippen LogP contribution < -0.4 is 20.6 Å². The first-order chi connectivity index (χ1) is 25.0. The minimum atomic E-state index is -2.77. The number of halogens is 1. The number of amides is 1. The van der Waals surface area contributed by atoms with Crippen molar-refractivity contribution in [1.29, 1.82) is 0 Å². The van der Waals surface area contributed by atoms with Crippen LogP contribution in [-0.2, 0) is 18.7 Å². The standard InChI is InChI=1S/C42H51ClN4O4Si/c1-40(2,3)52(32-11-7-5-8-12-32,33-13-9-6-10-14-33)51-37-28-50-29-41(37,4)47-19-17-46(18-20-47)36-24-30-25-38(44-27-31(30)23-35(36)43)45-39(48)34-26-42(34)15-21-49-22-16-42/h5-14,23-25,27,34,37H,15-22,26,28-29H2,1-4H3,(H,44,45,48)/t34-,37-,41+/m1/s1. The highest BCUT2D eigenvalue weighted by Crippen LogP contribution is 2.59. The van der Waals surface area contributed by atoms with E-state index in [9.17, 15) is 4.79 Å². The van der Waals surface area contributed by atoms with Crippen LogP contribution in [0.2, 0.25) is 10.1 Å². The number of benzene rings is 3. The lowest BCUT2D eigenvalue weighted by Gasteiger charge is -2.50. The molecule has 52 heavy (non-hydrogen) atoms. The zero-order valence-electron chi connectivity index (χ0n) is 30.9. The first-order valence-corrected chi connectivity index (χ1v) is 21.2. The molecule has 0 radical (unpaired) electrons. The number of ether oxygens (including phenoxy) is 2. The smallest absolute Gasteiger partial charge is 0.261 e. The molecule has 4 aliphatic rings. The Morgan fingerprint density at radius 2 is 1.58 bits per heavy atom. The first kappa shape index (κ1) is 35.7. The molecule has 1 saturated carbocycles. The minimum absolute atomic E-state index is 0.0481. The largest absolute Gasteiger partial charge is 0.400 e. The lowest BCUT2D eigenvalue weighted by Crippen LogP contribution is -2.71. The third-order valence-corrected chi connectivity index (χ3v) is 17.8. The van der Waals surface area contributed by atoms with Crippen molar-refractivity contribution < 1.29 is 18.7 Å². The maximum Gasteiger partial charge on any atom is 0.261 e. The number of carbonyl (C=O) groups excluding carboxylic acids is 1. The van der Waals surface area contributed by atoms with Gasteiger partial charge in [-0.05, 0) is 70.6 Å². The van der Waals surface area contributed by atoms with Crippen molar-refractivity contribution in [3.8, 4) is 0 Å². The number of rotatable bonds is 8. The third-order valence-electron chi connectivity index (χ3n) is 12.5. The summed E-state index contributed by atoms with van der Waals surface area (Å²) in [5, 5.41) is 8.24. The van der Waals surface area contributed by atoms with Gasteiger partial charge in [0.2, 0.25) is 5.91 Å². The zero-order chi connectivity index (χ0) is 36.1. The van der Waals surface area contributed by atoms with Crippen molar-refractivity contribution in [1.82, 2.24) is 9.88 Å². The van der Waals surface area contributed by atoms with Crippen LogP contribution >= 0.6 is 11.6 Å². The third kappa shape index (κ3) is 6.37. The SMILES string of the molecule is CC(C)(C)[Si](O[C@@H]1COC[C@]1(C)N1CCN(c2cc3cc(NC(=O)[C@H]4CC45CCOCC5)ncc3cc2Cl)CC1)(c1ccccc1)c1ccccc1. The molecule has 3 aliphatic heterocycles. The van der Waals surface area contributed by atoms with Gasteiger partial charge in [-0.15, -0.1) is 0 Å². The zero-order valence-corrected chi connectivity index (χ0v) is 32.6. The van der Waals surface area contributed by atoms with Crippen LogP contribution in [0, 0.1) is 11.3 Å². The summed E-state index contributed by atoms with van der Waals surface area (Å²) < 4.78 is 19.5. The van der Waals surface area contributed by atoms with Gasteiger partial charge in [-0.1, -0.05) is 93.0 Å². The molecule has 1 aromatic heterocycles. The van der Waals surface area contributed by atoms with E-state index in [0.717, 1.165) is 75.1 Å². The van der Waals surface area contributed by atoms with E-state index in [1.807, 2.05) is 18.3 Å². The van der Waals surface area contributed by atoms with Crippen LogP contribution in [0.1, 0.15) is 47.0 Å². The number of anilines is 2. The average molecular weight is 739 g/mol. The van der Waals surface area contributed by atoms with E-state index >= 15 is 0 Å². The van der Waals surface area contributed by atoms with E-state index in [-0.39, 0.29) is 33.9 Å². The molecule has 3 atom stereocenters. The van der Waals surface area contributed by atoms with Crippen LogP contribution in [0.4, 0.5) is 11.5 Å². The number of hydrogen-bond acceptors (Lipinski definition) is 7. The van der Waals surface area contributed by atoms with Gasteiger partial charge in [0.15, 0.2) is 0 Å². The Hall–Kier alpha value is -3.31. The van der Waals surface area contributed by atoms with Gasteiger partial charge in [0.05, 0.1) is 35.6 Å². The molecule has 0 bridgehead atoms. The number of piperazine rings is 1. The Bertz CT molecular complexity index is 1870. The van der Waals surface area contributed by atoms with Gasteiger partial charge in [0, 0.05) is 56.9 Å². The number of aromatic nitrogens is 1. The van der Waals surface area contributed by atoms with Gasteiger partial charge in [0.1, 0.15) is 5.82 Å². The van der Waals surface area contributed by atoms with Crippen molar-refractivity contribution in [2.75, 3.05) is 62.8 Å². The molecule has 10 heteroatoms. The van der Waals surface area contributed by atoms with E-state index in [4.69, 9.17) is 25.5 Å². The topological polar surface area (TPSA) is 76.2 Å². The van der Waals surface area contributed by atoms with Crippen LogP contribution in [0.25, 0.3) is 10.8 Å². The Morgan fingerprint density at radius 1 is 0.923 bits per heavy atom. The minimum Gasteiger partial charge on any atom is -0.400 e. The fourth-order valence-electron chi connectivity index (χ4n) is 9.19. The predicted molar refractivity (Wildman–Crippen MR) is 211 cm³/mol. The van der Waals surface area contributed by atoms with Gasteiger partial charge < -0.3 is 24.1 Å². The van der Waals surface area contributed by atoms with Crippen molar-refractivity contribution in [2.24, 2.45) is 11.3 Å². The fourth-order valence-corrected chi connectivity index (χ4v) is 14.2. The molecule has 1 amide bonds. The van der Waals surface area contributed by atoms with Gasteiger partial charge in [-0.25, -0.2) is 4.98 Å². The molecule has 1 spiro atoms. The normalized spacial score (nSPS) is 25.1. The van der Waals surface area contributed by atoms with Gasteiger partial charge in [-0.3, -0.25) is 9.69 Å². The molecule has 4 fully saturated rings. The monoisotopic (exact) mass is 738 g/mol. The number of nitrogens with one attached hydrogen (secondary N) is 1. The second-order valence-electron chi connectivity index (χ2n) is 16.6. The molecule has 4 aromatic rings. The molecule has 8 rings (SSSR count). The lowest BCUT2D eigenvalue weighted by atomic mass is 9.93. The van der Waals surface area contributed by atoms with Crippen LogP contribution in [0.15, 0.2) is 85.1 Å². The van der Waals surface area contributed by atoms with Gasteiger partial charge in [0.25, 0.3) is 8.32 Å². The van der Waals surface area contributed by atoms with E-state index in [1.54, 1.807) is 0 Å². The average Bonchev–Trinajstić information content (AvgIpc) is 3.71. The summed E-state index contributed by atoms with van der Waals surface area (Å²) in [5.41, 5.74) is 0.848. The van der Waals surface area contributed by atoms with E-state index in [2.05, 4.69) is 115 Å². The molecule has 8 nitrogen and oxygen atoms in total. The number of fused-ring (bicyclic) bond motifs is 1. The lowest BCUT2D eigenvalue weighted by molar-refractivity contribution is -0.118. The van der Waals surface area contributed by atoms with Gasteiger partial charge in [-0.2, -0.15) is 0 Å². The summed E-state index contributed by atoms with van der Waals surface area (Å²) in [6.45, 7) is 15.4. The summed E-state index contributed by atoms with van der Waals surface area (Å²) in [4.78, 5) is 22.7. The second-order valence-corrected chi connectivity index (χ2v) is 21.2. The Balaban J connectivity index is 0.992. The Kier molecular flexibility index (Phi) is 9.50. The molecule has 0 unspecified atom stereocenters. The fraction of sp³-hybridized carbons (Fsp3) is 0.476. The van der Waals surface area contributed by atoms with E-state index in [0.29, 0.717) is 24.1 Å². The first-order valence-electron chi connectivity index (χ1n) is 18.9. The molecule has 4 heterocycles. The quantitative estimate of drug-likeness (QED) is 0.207.